The molecule has 0 aromatic heterocycles. The van der Waals surface area contributed by atoms with Crippen molar-refractivity contribution in [2.24, 2.45) is 0 Å². The summed E-state index contributed by atoms with van der Waals surface area (Å²) in [4.78, 5) is 28.8. The van der Waals surface area contributed by atoms with Crippen LogP contribution in [0.3, 0.4) is 0 Å². The number of anilines is 1. The first-order valence-corrected chi connectivity index (χ1v) is 14.4. The first-order chi connectivity index (χ1) is 18.2. The van der Waals surface area contributed by atoms with E-state index in [0.717, 1.165) is 21.9 Å². The highest BCUT2D eigenvalue weighted by Gasteiger charge is 2.33. The third-order valence-corrected chi connectivity index (χ3v) is 8.27. The Morgan fingerprint density at radius 1 is 0.868 bits per heavy atom. The van der Waals surface area contributed by atoms with E-state index in [4.69, 9.17) is 0 Å². The van der Waals surface area contributed by atoms with Crippen molar-refractivity contribution in [2.75, 3.05) is 10.8 Å². The largest absolute Gasteiger partial charge is 0.352 e. The van der Waals surface area contributed by atoms with Crippen molar-refractivity contribution < 1.29 is 18.0 Å². The Kier molecular flexibility index (Phi) is 10.1. The number of nitrogens with one attached hydrogen (secondary N) is 1. The van der Waals surface area contributed by atoms with Crippen LogP contribution in [0.5, 0.6) is 0 Å². The molecule has 0 unspecified atom stereocenters. The van der Waals surface area contributed by atoms with Gasteiger partial charge < -0.3 is 10.2 Å². The van der Waals surface area contributed by atoms with Crippen molar-refractivity contribution in [1.82, 2.24) is 10.2 Å². The minimum absolute atomic E-state index is 0.0486. The lowest BCUT2D eigenvalue weighted by Gasteiger charge is -2.33. The van der Waals surface area contributed by atoms with Gasteiger partial charge in [-0.15, -0.1) is 0 Å². The lowest BCUT2D eigenvalue weighted by Crippen LogP contribution is -2.53. The molecule has 0 radical (unpaired) electrons. The van der Waals surface area contributed by atoms with E-state index in [-0.39, 0.29) is 23.4 Å². The van der Waals surface area contributed by atoms with Gasteiger partial charge in [-0.25, -0.2) is 8.42 Å². The molecule has 3 aromatic carbocycles. The van der Waals surface area contributed by atoms with Gasteiger partial charge in [0, 0.05) is 12.6 Å². The molecule has 3 aromatic rings. The van der Waals surface area contributed by atoms with E-state index in [1.54, 1.807) is 36.4 Å². The molecular formula is C30H37N3O4S. The molecule has 0 heterocycles. The van der Waals surface area contributed by atoms with E-state index < -0.39 is 28.5 Å². The van der Waals surface area contributed by atoms with Crippen LogP contribution in [0.25, 0.3) is 0 Å². The quantitative estimate of drug-likeness (QED) is 0.357. The van der Waals surface area contributed by atoms with Gasteiger partial charge in [-0.05, 0) is 62.1 Å². The SMILES string of the molecule is CC[C@H](C)NC(=O)[C@H](CC)N(Cc1ccccc1)C(=O)CN(c1cccc(C)c1)S(=O)(=O)c1ccccc1. The van der Waals surface area contributed by atoms with Crippen LogP contribution in [0, 0.1) is 6.92 Å². The number of carbonyl (C=O) groups excluding carboxylic acids is 2. The summed E-state index contributed by atoms with van der Waals surface area (Å²) in [5.41, 5.74) is 2.10. The maximum absolute atomic E-state index is 14.0. The molecule has 0 aliphatic rings. The van der Waals surface area contributed by atoms with Crippen LogP contribution >= 0.6 is 0 Å². The van der Waals surface area contributed by atoms with Crippen molar-refractivity contribution in [1.29, 1.82) is 0 Å². The second kappa shape index (κ2) is 13.2. The molecule has 2 atom stereocenters. The third kappa shape index (κ3) is 7.22. The highest BCUT2D eigenvalue weighted by atomic mass is 32.2. The fraction of sp³-hybridized carbons (Fsp3) is 0.333. The number of aryl methyl sites for hydroxylation is 1. The normalized spacial score (nSPS) is 12.8. The second-order valence-electron chi connectivity index (χ2n) is 9.41. The average molecular weight is 536 g/mol. The number of carbonyl (C=O) groups is 2. The van der Waals surface area contributed by atoms with Crippen LogP contribution in [0.4, 0.5) is 5.69 Å². The van der Waals surface area contributed by atoms with E-state index in [2.05, 4.69) is 5.32 Å². The zero-order valence-corrected chi connectivity index (χ0v) is 23.3. The summed E-state index contributed by atoms with van der Waals surface area (Å²) in [6, 6.07) is 23.7. The van der Waals surface area contributed by atoms with Crippen LogP contribution in [0.2, 0.25) is 0 Å². The lowest BCUT2D eigenvalue weighted by molar-refractivity contribution is -0.140. The molecule has 0 saturated heterocycles. The van der Waals surface area contributed by atoms with Gasteiger partial charge in [0.25, 0.3) is 10.0 Å². The number of hydrogen-bond acceptors (Lipinski definition) is 4. The molecule has 38 heavy (non-hydrogen) atoms. The van der Waals surface area contributed by atoms with Crippen LogP contribution in [-0.4, -0.2) is 43.8 Å². The molecule has 0 bridgehead atoms. The number of rotatable bonds is 12. The molecule has 202 valence electrons. The summed E-state index contributed by atoms with van der Waals surface area (Å²) in [6.07, 6.45) is 1.14. The molecule has 0 spiro atoms. The molecule has 0 aliphatic carbocycles. The van der Waals surface area contributed by atoms with E-state index in [1.165, 1.54) is 17.0 Å². The van der Waals surface area contributed by atoms with Crippen LogP contribution in [0.1, 0.15) is 44.7 Å². The highest BCUT2D eigenvalue weighted by molar-refractivity contribution is 7.92. The molecule has 1 N–H and O–H groups in total. The van der Waals surface area contributed by atoms with Crippen LogP contribution in [-0.2, 0) is 26.2 Å². The predicted octanol–water partition coefficient (Wildman–Crippen LogP) is 4.91. The summed E-state index contributed by atoms with van der Waals surface area (Å²) >= 11 is 0. The minimum atomic E-state index is -4.06. The number of amides is 2. The summed E-state index contributed by atoms with van der Waals surface area (Å²) in [7, 11) is -4.06. The topological polar surface area (TPSA) is 86.8 Å². The zero-order valence-electron chi connectivity index (χ0n) is 22.5. The molecule has 3 rings (SSSR count). The monoisotopic (exact) mass is 535 g/mol. The van der Waals surface area contributed by atoms with Gasteiger partial charge in [0.05, 0.1) is 10.6 Å². The van der Waals surface area contributed by atoms with Crippen molar-refractivity contribution >= 4 is 27.5 Å². The first-order valence-electron chi connectivity index (χ1n) is 13.0. The molecule has 7 nitrogen and oxygen atoms in total. The van der Waals surface area contributed by atoms with Crippen LogP contribution < -0.4 is 9.62 Å². The fourth-order valence-corrected chi connectivity index (χ4v) is 5.60. The highest BCUT2D eigenvalue weighted by Crippen LogP contribution is 2.25. The predicted molar refractivity (Wildman–Crippen MR) is 151 cm³/mol. The number of benzene rings is 3. The summed E-state index contributed by atoms with van der Waals surface area (Å²) < 4.78 is 28.7. The lowest BCUT2D eigenvalue weighted by atomic mass is 10.1. The van der Waals surface area contributed by atoms with E-state index in [9.17, 15) is 18.0 Å². The van der Waals surface area contributed by atoms with Gasteiger partial charge in [0.2, 0.25) is 11.8 Å². The molecule has 0 saturated carbocycles. The molecule has 2 amide bonds. The molecule has 8 heteroatoms. The number of hydrogen-bond donors (Lipinski definition) is 1. The average Bonchev–Trinajstić information content (AvgIpc) is 2.92. The van der Waals surface area contributed by atoms with Gasteiger partial charge >= 0.3 is 0 Å². The van der Waals surface area contributed by atoms with Gasteiger partial charge in [0.15, 0.2) is 0 Å². The summed E-state index contributed by atoms with van der Waals surface area (Å²) in [6.45, 7) is 7.35. The Morgan fingerprint density at radius 3 is 2.08 bits per heavy atom. The first kappa shape index (κ1) is 28.9. The Morgan fingerprint density at radius 2 is 1.50 bits per heavy atom. The van der Waals surface area contributed by atoms with Crippen LogP contribution in [0.15, 0.2) is 89.8 Å². The molecule has 0 aliphatic heterocycles. The Bertz CT molecular complexity index is 1310. The van der Waals surface area contributed by atoms with Crippen molar-refractivity contribution in [3.63, 3.8) is 0 Å². The van der Waals surface area contributed by atoms with E-state index in [0.29, 0.717) is 12.1 Å². The molecular weight excluding hydrogens is 498 g/mol. The van der Waals surface area contributed by atoms with Crippen molar-refractivity contribution in [3.05, 3.63) is 96.1 Å². The second-order valence-corrected chi connectivity index (χ2v) is 11.3. The number of sulfonamides is 1. The maximum atomic E-state index is 14.0. The molecule has 0 fully saturated rings. The Labute approximate surface area is 226 Å². The zero-order chi connectivity index (χ0) is 27.7. The van der Waals surface area contributed by atoms with E-state index >= 15 is 0 Å². The van der Waals surface area contributed by atoms with Gasteiger partial charge in [-0.2, -0.15) is 0 Å². The minimum Gasteiger partial charge on any atom is -0.352 e. The van der Waals surface area contributed by atoms with Crippen molar-refractivity contribution in [2.45, 2.75) is 64.1 Å². The summed E-state index contributed by atoms with van der Waals surface area (Å²) in [5, 5.41) is 2.99. The number of nitrogens with zero attached hydrogens (tertiary/aromatic N) is 2. The Hall–Kier alpha value is -3.65. The van der Waals surface area contributed by atoms with Crippen molar-refractivity contribution in [3.8, 4) is 0 Å². The maximum Gasteiger partial charge on any atom is 0.264 e. The van der Waals surface area contributed by atoms with Gasteiger partial charge in [-0.3, -0.25) is 13.9 Å². The Balaban J connectivity index is 2.03. The van der Waals surface area contributed by atoms with E-state index in [1.807, 2.05) is 64.1 Å². The van der Waals surface area contributed by atoms with Gasteiger partial charge in [0.1, 0.15) is 12.6 Å². The fourth-order valence-electron chi connectivity index (χ4n) is 4.17. The summed E-state index contributed by atoms with van der Waals surface area (Å²) in [5.74, 6) is -0.708. The third-order valence-electron chi connectivity index (χ3n) is 6.48. The smallest absolute Gasteiger partial charge is 0.264 e. The van der Waals surface area contributed by atoms with Gasteiger partial charge in [-0.1, -0.05) is 74.5 Å². The standard InChI is InChI=1S/C30H37N3O4S/c1-5-24(4)31-30(35)28(6-2)32(21-25-15-9-7-10-16-25)29(34)22-33(26-17-13-14-23(3)20-26)38(36,37)27-18-11-8-12-19-27/h7-20,24,28H,5-6,21-22H2,1-4H3,(H,31,35)/t24-,28-/m0/s1.